The van der Waals surface area contributed by atoms with Crippen molar-refractivity contribution in [3.05, 3.63) is 0 Å². The van der Waals surface area contributed by atoms with Gasteiger partial charge in [0, 0.05) is 6.42 Å². The third kappa shape index (κ3) is 3.96. The van der Waals surface area contributed by atoms with Crippen LogP contribution in [0, 0.1) is 11.8 Å². The SMILES string of the molecule is CCC1CNCCC1CC(=O)O.Cl. The highest BCUT2D eigenvalue weighted by Crippen LogP contribution is 2.24. The molecule has 0 aliphatic carbocycles. The van der Waals surface area contributed by atoms with Crippen LogP contribution in [0.4, 0.5) is 0 Å². The van der Waals surface area contributed by atoms with E-state index in [-0.39, 0.29) is 12.4 Å². The molecule has 1 heterocycles. The summed E-state index contributed by atoms with van der Waals surface area (Å²) in [7, 11) is 0. The van der Waals surface area contributed by atoms with Gasteiger partial charge < -0.3 is 10.4 Å². The van der Waals surface area contributed by atoms with E-state index in [9.17, 15) is 4.79 Å². The number of piperidine rings is 1. The lowest BCUT2D eigenvalue weighted by molar-refractivity contribution is -0.138. The van der Waals surface area contributed by atoms with Crippen LogP contribution in [0.2, 0.25) is 0 Å². The lowest BCUT2D eigenvalue weighted by Crippen LogP contribution is -2.37. The summed E-state index contributed by atoms with van der Waals surface area (Å²) in [4.78, 5) is 10.5. The van der Waals surface area contributed by atoms with Crippen LogP contribution in [-0.2, 0) is 4.79 Å². The van der Waals surface area contributed by atoms with Crippen LogP contribution >= 0.6 is 12.4 Å². The van der Waals surface area contributed by atoms with Crippen LogP contribution in [0.25, 0.3) is 0 Å². The maximum absolute atomic E-state index is 10.5. The fraction of sp³-hybridized carbons (Fsp3) is 0.889. The number of carbonyl (C=O) groups is 1. The number of hydrogen-bond acceptors (Lipinski definition) is 2. The van der Waals surface area contributed by atoms with E-state index >= 15 is 0 Å². The van der Waals surface area contributed by atoms with E-state index in [1.807, 2.05) is 0 Å². The average Bonchev–Trinajstić information content (AvgIpc) is 2.04. The van der Waals surface area contributed by atoms with Gasteiger partial charge in [-0.05, 0) is 31.3 Å². The molecule has 0 radical (unpaired) electrons. The monoisotopic (exact) mass is 207 g/mol. The summed E-state index contributed by atoms with van der Waals surface area (Å²) >= 11 is 0. The fourth-order valence-electron chi connectivity index (χ4n) is 1.95. The largest absolute Gasteiger partial charge is 0.481 e. The first-order valence-electron chi connectivity index (χ1n) is 4.66. The summed E-state index contributed by atoms with van der Waals surface area (Å²) in [6.45, 7) is 4.11. The summed E-state index contributed by atoms with van der Waals surface area (Å²) in [5.74, 6) is 0.309. The first-order chi connectivity index (χ1) is 5.74. The lowest BCUT2D eigenvalue weighted by Gasteiger charge is -2.30. The molecule has 2 atom stereocenters. The van der Waals surface area contributed by atoms with Crippen LogP contribution in [0.3, 0.4) is 0 Å². The Hall–Kier alpha value is -0.280. The fourth-order valence-corrected chi connectivity index (χ4v) is 1.95. The van der Waals surface area contributed by atoms with Crippen molar-refractivity contribution < 1.29 is 9.90 Å². The quantitative estimate of drug-likeness (QED) is 0.738. The number of hydrogen-bond donors (Lipinski definition) is 2. The predicted molar refractivity (Wildman–Crippen MR) is 54.3 cm³/mol. The molecule has 0 bridgehead atoms. The molecule has 1 aliphatic heterocycles. The smallest absolute Gasteiger partial charge is 0.303 e. The van der Waals surface area contributed by atoms with Gasteiger partial charge in [-0.3, -0.25) is 4.79 Å². The predicted octanol–water partition coefficient (Wildman–Crippen LogP) is 1.52. The van der Waals surface area contributed by atoms with E-state index in [0.29, 0.717) is 18.3 Å². The van der Waals surface area contributed by atoms with Gasteiger partial charge >= 0.3 is 5.97 Å². The molecule has 1 saturated heterocycles. The van der Waals surface area contributed by atoms with Gasteiger partial charge in [0.15, 0.2) is 0 Å². The van der Waals surface area contributed by atoms with Gasteiger partial charge in [0.2, 0.25) is 0 Å². The van der Waals surface area contributed by atoms with E-state index < -0.39 is 5.97 Å². The summed E-state index contributed by atoms with van der Waals surface area (Å²) in [6, 6.07) is 0. The zero-order chi connectivity index (χ0) is 8.97. The second-order valence-corrected chi connectivity index (χ2v) is 3.52. The van der Waals surface area contributed by atoms with Crippen molar-refractivity contribution in [1.82, 2.24) is 5.32 Å². The Morgan fingerprint density at radius 3 is 2.77 bits per heavy atom. The van der Waals surface area contributed by atoms with E-state index in [4.69, 9.17) is 5.11 Å². The van der Waals surface area contributed by atoms with Crippen molar-refractivity contribution in [2.75, 3.05) is 13.1 Å². The van der Waals surface area contributed by atoms with Gasteiger partial charge in [-0.2, -0.15) is 0 Å². The highest BCUT2D eigenvalue weighted by molar-refractivity contribution is 5.85. The first-order valence-corrected chi connectivity index (χ1v) is 4.66. The van der Waals surface area contributed by atoms with Gasteiger partial charge in [0.1, 0.15) is 0 Å². The topological polar surface area (TPSA) is 49.3 Å². The molecule has 1 fully saturated rings. The van der Waals surface area contributed by atoms with Crippen LogP contribution < -0.4 is 5.32 Å². The van der Waals surface area contributed by atoms with E-state index in [1.54, 1.807) is 0 Å². The Bertz CT molecular complexity index is 164. The normalized spacial score (nSPS) is 27.8. The van der Waals surface area contributed by atoms with Crippen molar-refractivity contribution in [3.8, 4) is 0 Å². The molecule has 0 aromatic rings. The Balaban J connectivity index is 0.00000144. The Morgan fingerprint density at radius 1 is 1.54 bits per heavy atom. The highest BCUT2D eigenvalue weighted by Gasteiger charge is 2.25. The molecular weight excluding hydrogens is 190 g/mol. The zero-order valence-corrected chi connectivity index (χ0v) is 8.77. The van der Waals surface area contributed by atoms with E-state index in [2.05, 4.69) is 12.2 Å². The third-order valence-electron chi connectivity index (χ3n) is 2.73. The molecular formula is C9H18ClNO2. The summed E-state index contributed by atoms with van der Waals surface area (Å²) < 4.78 is 0. The molecule has 1 aliphatic rings. The maximum Gasteiger partial charge on any atom is 0.303 e. The molecule has 1 rings (SSSR count). The molecule has 0 spiro atoms. The Kier molecular flexibility index (Phi) is 6.08. The third-order valence-corrected chi connectivity index (χ3v) is 2.73. The number of carboxylic acid groups (broad SMARTS) is 1. The maximum atomic E-state index is 10.5. The number of nitrogens with one attached hydrogen (secondary N) is 1. The van der Waals surface area contributed by atoms with Crippen LogP contribution in [0.5, 0.6) is 0 Å². The first kappa shape index (κ1) is 12.7. The molecule has 0 saturated carbocycles. The van der Waals surface area contributed by atoms with Gasteiger partial charge in [-0.15, -0.1) is 12.4 Å². The number of halogens is 1. The molecule has 2 N–H and O–H groups in total. The summed E-state index contributed by atoms with van der Waals surface area (Å²) in [5, 5.41) is 12.0. The summed E-state index contributed by atoms with van der Waals surface area (Å²) in [5.41, 5.74) is 0. The minimum Gasteiger partial charge on any atom is -0.481 e. The Morgan fingerprint density at radius 2 is 2.23 bits per heavy atom. The minimum absolute atomic E-state index is 0. The number of carboxylic acids is 1. The molecule has 2 unspecified atom stereocenters. The number of aliphatic carboxylic acids is 1. The average molecular weight is 208 g/mol. The van der Waals surface area contributed by atoms with Gasteiger partial charge in [-0.25, -0.2) is 0 Å². The molecule has 3 nitrogen and oxygen atoms in total. The molecule has 13 heavy (non-hydrogen) atoms. The van der Waals surface area contributed by atoms with Crippen molar-refractivity contribution in [2.24, 2.45) is 11.8 Å². The van der Waals surface area contributed by atoms with Crippen molar-refractivity contribution in [2.45, 2.75) is 26.2 Å². The second-order valence-electron chi connectivity index (χ2n) is 3.52. The highest BCUT2D eigenvalue weighted by atomic mass is 35.5. The van der Waals surface area contributed by atoms with Crippen LogP contribution in [0.1, 0.15) is 26.2 Å². The second kappa shape index (κ2) is 6.22. The van der Waals surface area contributed by atoms with Crippen LogP contribution in [0.15, 0.2) is 0 Å². The van der Waals surface area contributed by atoms with Gasteiger partial charge in [0.25, 0.3) is 0 Å². The minimum atomic E-state index is -0.652. The van der Waals surface area contributed by atoms with E-state index in [0.717, 1.165) is 25.9 Å². The number of rotatable bonds is 3. The van der Waals surface area contributed by atoms with Crippen molar-refractivity contribution in [1.29, 1.82) is 0 Å². The summed E-state index contributed by atoms with van der Waals surface area (Å²) in [6.07, 6.45) is 2.45. The standard InChI is InChI=1S/C9H17NO2.ClH/c1-2-7-6-10-4-3-8(7)5-9(11)12;/h7-8,10H,2-6H2,1H3,(H,11,12);1H. The lowest BCUT2D eigenvalue weighted by atomic mass is 9.82. The van der Waals surface area contributed by atoms with Crippen LogP contribution in [-0.4, -0.2) is 24.2 Å². The van der Waals surface area contributed by atoms with Gasteiger partial charge in [0.05, 0.1) is 0 Å². The molecule has 4 heteroatoms. The molecule has 0 amide bonds. The molecule has 0 aromatic carbocycles. The zero-order valence-electron chi connectivity index (χ0n) is 7.95. The molecule has 0 aromatic heterocycles. The van der Waals surface area contributed by atoms with E-state index in [1.165, 1.54) is 0 Å². The Labute approximate surface area is 85.3 Å². The van der Waals surface area contributed by atoms with Gasteiger partial charge in [-0.1, -0.05) is 13.3 Å². The van der Waals surface area contributed by atoms with Crippen molar-refractivity contribution >= 4 is 18.4 Å². The molecule has 78 valence electrons. The van der Waals surface area contributed by atoms with Crippen molar-refractivity contribution in [3.63, 3.8) is 0 Å².